The third kappa shape index (κ3) is 4.57. The van der Waals surface area contributed by atoms with Crippen molar-refractivity contribution in [1.29, 1.82) is 0 Å². The molecule has 190 valence electrons. The number of Topliss-reactive ketones (excluding diaryl/α,β-unsaturated/α-hetero) is 1. The Kier molecular flexibility index (Phi) is 6.23. The van der Waals surface area contributed by atoms with Crippen LogP contribution in [0, 0.1) is 5.82 Å². The molecule has 5 rings (SSSR count). The smallest absolute Gasteiger partial charge is 0.471 e. The molecule has 0 bridgehead atoms. The largest absolute Gasteiger partial charge is 0.497 e. The first-order chi connectivity index (χ1) is 17.7. The quantitative estimate of drug-likeness (QED) is 0.421. The molecule has 9 heteroatoms. The zero-order valence-corrected chi connectivity index (χ0v) is 19.7. The molecule has 0 unspecified atom stereocenters. The van der Waals surface area contributed by atoms with Gasteiger partial charge in [-0.1, -0.05) is 36.4 Å². The number of anilines is 2. The number of para-hydroxylation sites is 2. The molecule has 2 aliphatic rings. The van der Waals surface area contributed by atoms with Gasteiger partial charge in [-0.3, -0.25) is 14.5 Å². The van der Waals surface area contributed by atoms with Crippen LogP contribution < -0.4 is 15.0 Å². The summed E-state index contributed by atoms with van der Waals surface area (Å²) in [5, 5.41) is 3.14. The molecular formula is C28H22F4N2O3. The van der Waals surface area contributed by atoms with Crippen LogP contribution in [0.2, 0.25) is 0 Å². The number of fused-ring (bicyclic) bond motifs is 1. The molecule has 5 nitrogen and oxygen atoms in total. The first kappa shape index (κ1) is 24.5. The molecule has 1 aliphatic carbocycles. The molecule has 0 radical (unpaired) electrons. The van der Waals surface area contributed by atoms with Crippen LogP contribution in [0.25, 0.3) is 0 Å². The average molecular weight is 510 g/mol. The van der Waals surface area contributed by atoms with Crippen LogP contribution >= 0.6 is 0 Å². The molecule has 1 amide bonds. The molecule has 3 aromatic carbocycles. The number of carbonyl (C=O) groups is 2. The van der Waals surface area contributed by atoms with Crippen LogP contribution in [-0.2, 0) is 9.59 Å². The van der Waals surface area contributed by atoms with Crippen LogP contribution in [0.1, 0.15) is 35.9 Å². The average Bonchev–Trinajstić information content (AvgIpc) is 3.02. The van der Waals surface area contributed by atoms with Gasteiger partial charge in [-0.05, 0) is 59.9 Å². The van der Waals surface area contributed by atoms with Crippen LogP contribution in [0.15, 0.2) is 84.1 Å². The number of halogens is 4. The Labute approximate surface area is 210 Å². The normalized spacial score (nSPS) is 19.5. The van der Waals surface area contributed by atoms with E-state index in [2.05, 4.69) is 5.32 Å². The number of nitrogens with one attached hydrogen (secondary N) is 1. The van der Waals surface area contributed by atoms with Gasteiger partial charge in [0.2, 0.25) is 0 Å². The first-order valence-corrected chi connectivity index (χ1v) is 11.6. The number of alkyl halides is 3. The van der Waals surface area contributed by atoms with Crippen LogP contribution in [0.3, 0.4) is 0 Å². The molecule has 1 heterocycles. The van der Waals surface area contributed by atoms with E-state index in [1.54, 1.807) is 31.4 Å². The predicted molar refractivity (Wildman–Crippen MR) is 130 cm³/mol. The van der Waals surface area contributed by atoms with Crippen LogP contribution in [0.4, 0.5) is 28.9 Å². The molecule has 0 aromatic heterocycles. The lowest BCUT2D eigenvalue weighted by molar-refractivity contribution is -0.170. The molecule has 2 atom stereocenters. The topological polar surface area (TPSA) is 58.6 Å². The molecule has 3 aromatic rings. The van der Waals surface area contributed by atoms with Gasteiger partial charge in [0, 0.05) is 17.7 Å². The van der Waals surface area contributed by atoms with E-state index in [1.165, 1.54) is 24.3 Å². The van der Waals surface area contributed by atoms with Gasteiger partial charge in [0.25, 0.3) is 0 Å². The molecule has 0 fully saturated rings. The third-order valence-corrected chi connectivity index (χ3v) is 6.70. The zero-order valence-electron chi connectivity index (χ0n) is 19.7. The molecule has 1 aliphatic heterocycles. The Hall–Kier alpha value is -4.14. The van der Waals surface area contributed by atoms with Crippen molar-refractivity contribution in [3.63, 3.8) is 0 Å². The predicted octanol–water partition coefficient (Wildman–Crippen LogP) is 6.30. The van der Waals surface area contributed by atoms with Crippen molar-refractivity contribution in [3.05, 3.63) is 101 Å². The fraction of sp³-hybridized carbons (Fsp3) is 0.214. The number of amides is 1. The number of methoxy groups -OCH3 is 1. The summed E-state index contributed by atoms with van der Waals surface area (Å²) in [6.07, 6.45) is -4.91. The Morgan fingerprint density at radius 2 is 1.70 bits per heavy atom. The maximum Gasteiger partial charge on any atom is 0.471 e. The van der Waals surface area contributed by atoms with Crippen molar-refractivity contribution in [2.45, 2.75) is 31.0 Å². The van der Waals surface area contributed by atoms with Gasteiger partial charge in [-0.25, -0.2) is 4.39 Å². The lowest BCUT2D eigenvalue weighted by Gasteiger charge is -2.35. The molecule has 37 heavy (non-hydrogen) atoms. The number of hydrogen-bond donors (Lipinski definition) is 1. The van der Waals surface area contributed by atoms with E-state index < -0.39 is 29.7 Å². The number of nitrogens with zero attached hydrogens (tertiary/aromatic N) is 1. The highest BCUT2D eigenvalue weighted by Gasteiger charge is 2.50. The van der Waals surface area contributed by atoms with Crippen molar-refractivity contribution in [2.24, 2.45) is 0 Å². The Balaban J connectivity index is 1.70. The van der Waals surface area contributed by atoms with Gasteiger partial charge in [0.05, 0.1) is 24.5 Å². The molecule has 1 N–H and O–H groups in total. The second-order valence-corrected chi connectivity index (χ2v) is 8.97. The maximum absolute atomic E-state index is 14.3. The number of allylic oxidation sites excluding steroid dienone is 1. The van der Waals surface area contributed by atoms with Crippen LogP contribution in [0.5, 0.6) is 5.75 Å². The molecule has 0 saturated carbocycles. The minimum Gasteiger partial charge on any atom is -0.497 e. The van der Waals surface area contributed by atoms with Crippen molar-refractivity contribution in [2.75, 3.05) is 17.3 Å². The van der Waals surface area contributed by atoms with Crippen molar-refractivity contribution < 1.29 is 31.9 Å². The van der Waals surface area contributed by atoms with E-state index in [-0.39, 0.29) is 34.9 Å². The fourth-order valence-corrected chi connectivity index (χ4v) is 5.05. The zero-order chi connectivity index (χ0) is 26.3. The highest BCUT2D eigenvalue weighted by Crippen LogP contribution is 2.48. The summed E-state index contributed by atoms with van der Waals surface area (Å²) in [7, 11) is 1.55. The van der Waals surface area contributed by atoms with Gasteiger partial charge in [0.1, 0.15) is 11.6 Å². The lowest BCUT2D eigenvalue weighted by Crippen LogP contribution is -2.45. The van der Waals surface area contributed by atoms with Gasteiger partial charge in [0.15, 0.2) is 5.78 Å². The van der Waals surface area contributed by atoms with E-state index in [9.17, 15) is 27.2 Å². The molecule has 0 saturated heterocycles. The van der Waals surface area contributed by atoms with E-state index >= 15 is 0 Å². The Morgan fingerprint density at radius 1 is 0.973 bits per heavy atom. The highest BCUT2D eigenvalue weighted by molar-refractivity contribution is 6.07. The summed E-state index contributed by atoms with van der Waals surface area (Å²) in [4.78, 5) is 27.1. The summed E-state index contributed by atoms with van der Waals surface area (Å²) < 4.78 is 61.2. The second-order valence-electron chi connectivity index (χ2n) is 8.97. The van der Waals surface area contributed by atoms with E-state index in [4.69, 9.17) is 4.74 Å². The monoisotopic (exact) mass is 510 g/mol. The van der Waals surface area contributed by atoms with Gasteiger partial charge < -0.3 is 10.1 Å². The Bertz CT molecular complexity index is 1400. The summed E-state index contributed by atoms with van der Waals surface area (Å²) in [6.45, 7) is 0. The minimum atomic E-state index is -5.23. The Morgan fingerprint density at radius 3 is 2.38 bits per heavy atom. The molecule has 0 spiro atoms. The van der Waals surface area contributed by atoms with Gasteiger partial charge in [-0.15, -0.1) is 0 Å². The fourth-order valence-electron chi connectivity index (χ4n) is 5.05. The highest BCUT2D eigenvalue weighted by atomic mass is 19.4. The van der Waals surface area contributed by atoms with Crippen molar-refractivity contribution >= 4 is 23.1 Å². The summed E-state index contributed by atoms with van der Waals surface area (Å²) in [6, 6.07) is 16.8. The van der Waals surface area contributed by atoms with Crippen LogP contribution in [-0.4, -0.2) is 25.0 Å². The summed E-state index contributed by atoms with van der Waals surface area (Å²) >= 11 is 0. The third-order valence-electron chi connectivity index (χ3n) is 6.70. The SMILES string of the molecule is COc1ccc([C@H]2CC(=O)C3=C(C2)Nc2ccccc2N(C(=O)C(F)(F)F)[C@H]3c2cccc(F)c2)cc1. The summed E-state index contributed by atoms with van der Waals surface area (Å²) in [5.41, 5.74) is 1.54. The number of hydrogen-bond acceptors (Lipinski definition) is 4. The minimum absolute atomic E-state index is 0.0169. The van der Waals surface area contributed by atoms with Crippen molar-refractivity contribution in [3.8, 4) is 5.75 Å². The van der Waals surface area contributed by atoms with E-state index in [0.29, 0.717) is 22.8 Å². The first-order valence-electron chi connectivity index (χ1n) is 11.6. The standard InChI is InChI=1S/C28H22F4N2O3/c1-37-20-11-9-16(10-12-20)18-14-22-25(24(35)15-18)26(17-5-4-6-19(29)13-17)34(27(36)28(30,31)32)23-8-3-2-7-21(23)33-22/h2-13,18,26,33H,14-15H2,1H3/t18-,26+/m1/s1. The second kappa shape index (κ2) is 9.38. The molecular weight excluding hydrogens is 488 g/mol. The summed E-state index contributed by atoms with van der Waals surface area (Å²) in [5.74, 6) is -2.86. The number of benzene rings is 3. The van der Waals surface area contributed by atoms with E-state index in [1.807, 2.05) is 12.1 Å². The van der Waals surface area contributed by atoms with E-state index in [0.717, 1.165) is 17.7 Å². The number of carbonyl (C=O) groups excluding carboxylic acids is 2. The number of rotatable bonds is 3. The van der Waals surface area contributed by atoms with Crippen molar-refractivity contribution in [1.82, 2.24) is 0 Å². The number of ether oxygens (including phenoxy) is 1. The lowest BCUT2D eigenvalue weighted by atomic mass is 9.78. The van der Waals surface area contributed by atoms with Gasteiger partial charge >= 0.3 is 12.1 Å². The maximum atomic E-state index is 14.3. The number of ketones is 1. The van der Waals surface area contributed by atoms with Gasteiger partial charge in [-0.2, -0.15) is 13.2 Å².